The number of carbonyl (C=O) groups is 1. The third kappa shape index (κ3) is 3.47. The van der Waals surface area contributed by atoms with Crippen molar-refractivity contribution >= 4 is 22.6 Å². The van der Waals surface area contributed by atoms with E-state index in [0.717, 1.165) is 24.3 Å². The third-order valence-corrected chi connectivity index (χ3v) is 5.19. The number of anilines is 1. The van der Waals surface area contributed by atoms with Gasteiger partial charge in [0.25, 0.3) is 5.91 Å². The highest BCUT2D eigenvalue weighted by molar-refractivity contribution is 5.98. The summed E-state index contributed by atoms with van der Waals surface area (Å²) in [6.45, 7) is 5.33. The van der Waals surface area contributed by atoms with Crippen molar-refractivity contribution in [2.24, 2.45) is 0 Å². The minimum absolute atomic E-state index is 0.217. The monoisotopic (exact) mass is 382 g/mol. The van der Waals surface area contributed by atoms with E-state index in [2.05, 4.69) is 11.0 Å². The Morgan fingerprint density at radius 2 is 1.93 bits per heavy atom. The summed E-state index contributed by atoms with van der Waals surface area (Å²) in [6, 6.07) is 12.4. The maximum Gasteiger partial charge on any atom is 0.289 e. The summed E-state index contributed by atoms with van der Waals surface area (Å²) in [6.07, 6.45) is 0. The quantitative estimate of drug-likeness (QED) is 0.685. The van der Waals surface area contributed by atoms with Gasteiger partial charge in [0.1, 0.15) is 11.4 Å². The molecule has 5 nitrogen and oxygen atoms in total. The van der Waals surface area contributed by atoms with Gasteiger partial charge in [-0.3, -0.25) is 4.79 Å². The highest BCUT2D eigenvalue weighted by atomic mass is 19.1. The lowest BCUT2D eigenvalue weighted by Crippen LogP contribution is -2.37. The van der Waals surface area contributed by atoms with Crippen molar-refractivity contribution in [3.8, 4) is 0 Å². The van der Waals surface area contributed by atoms with E-state index in [1.165, 1.54) is 12.1 Å². The van der Waals surface area contributed by atoms with Gasteiger partial charge in [-0.1, -0.05) is 18.2 Å². The van der Waals surface area contributed by atoms with Gasteiger partial charge in [0.15, 0.2) is 5.76 Å². The molecule has 28 heavy (non-hydrogen) atoms. The number of halogens is 1. The van der Waals surface area contributed by atoms with Gasteiger partial charge in [-0.15, -0.1) is 0 Å². The molecule has 1 saturated heterocycles. The normalized spacial score (nSPS) is 14.5. The summed E-state index contributed by atoms with van der Waals surface area (Å²) in [5.74, 6) is -0.305. The van der Waals surface area contributed by atoms with Crippen LogP contribution in [0.5, 0.6) is 0 Å². The molecule has 0 aliphatic carbocycles. The topological polar surface area (TPSA) is 45.9 Å². The first-order valence-corrected chi connectivity index (χ1v) is 9.39. The van der Waals surface area contributed by atoms with Gasteiger partial charge < -0.3 is 19.0 Å². The number of nitrogens with zero attached hydrogens (tertiary/aromatic N) is 2. The van der Waals surface area contributed by atoms with Gasteiger partial charge in [0.2, 0.25) is 0 Å². The lowest BCUT2D eigenvalue weighted by Gasteiger charge is -2.31. The zero-order chi connectivity index (χ0) is 19.7. The second-order valence-corrected chi connectivity index (χ2v) is 7.09. The fraction of sp³-hybridized carbons (Fsp3) is 0.318. The van der Waals surface area contributed by atoms with E-state index < -0.39 is 0 Å². The van der Waals surface area contributed by atoms with Gasteiger partial charge in [-0.25, -0.2) is 4.39 Å². The molecular weight excluding hydrogens is 359 g/mol. The van der Waals surface area contributed by atoms with Crippen LogP contribution in [0.2, 0.25) is 0 Å². The second kappa shape index (κ2) is 7.64. The Hall–Kier alpha value is -2.86. The fourth-order valence-corrected chi connectivity index (χ4v) is 3.66. The zero-order valence-electron chi connectivity index (χ0n) is 16.1. The molecule has 146 valence electrons. The number of hydrogen-bond acceptors (Lipinski definition) is 4. The van der Waals surface area contributed by atoms with E-state index in [4.69, 9.17) is 9.15 Å². The summed E-state index contributed by atoms with van der Waals surface area (Å²) in [4.78, 5) is 16.9. The Morgan fingerprint density at radius 1 is 1.18 bits per heavy atom. The van der Waals surface area contributed by atoms with Crippen LogP contribution < -0.4 is 4.90 Å². The maximum absolute atomic E-state index is 13.5. The first-order chi connectivity index (χ1) is 13.5. The van der Waals surface area contributed by atoms with Crippen molar-refractivity contribution in [1.29, 1.82) is 0 Å². The number of rotatable bonds is 4. The van der Waals surface area contributed by atoms with Crippen molar-refractivity contribution in [2.75, 3.05) is 38.3 Å². The molecule has 4 rings (SSSR count). The SMILES string of the molecule is Cc1c(C(=O)N(C)Cc2ccccc2N2CCOCC2)oc2ccc(F)cc12. The Balaban J connectivity index is 1.58. The van der Waals surface area contributed by atoms with E-state index in [9.17, 15) is 9.18 Å². The van der Waals surface area contributed by atoms with Crippen LogP contribution in [0.1, 0.15) is 21.7 Å². The molecule has 0 bridgehead atoms. The molecule has 1 aromatic heterocycles. The van der Waals surface area contributed by atoms with Gasteiger partial charge in [0, 0.05) is 43.3 Å². The second-order valence-electron chi connectivity index (χ2n) is 7.09. The number of para-hydroxylation sites is 1. The summed E-state index contributed by atoms with van der Waals surface area (Å²) in [5.41, 5.74) is 3.37. The standard InChI is InChI=1S/C22H23FN2O3/c1-15-18-13-17(23)7-8-20(18)28-21(15)22(26)24(2)14-16-5-3-4-6-19(16)25-9-11-27-12-10-25/h3-8,13H,9-12,14H2,1-2H3. The maximum atomic E-state index is 13.5. The minimum atomic E-state index is -0.344. The molecule has 1 aliphatic rings. The molecule has 0 spiro atoms. The molecular formula is C22H23FN2O3. The fourth-order valence-electron chi connectivity index (χ4n) is 3.66. The van der Waals surface area contributed by atoms with Crippen molar-refractivity contribution in [1.82, 2.24) is 4.90 Å². The van der Waals surface area contributed by atoms with Crippen molar-refractivity contribution < 1.29 is 18.3 Å². The smallest absolute Gasteiger partial charge is 0.289 e. The van der Waals surface area contributed by atoms with Crippen LogP contribution in [0.3, 0.4) is 0 Å². The number of benzene rings is 2. The number of fused-ring (bicyclic) bond motifs is 1. The van der Waals surface area contributed by atoms with Crippen LogP contribution in [-0.2, 0) is 11.3 Å². The van der Waals surface area contributed by atoms with Crippen molar-refractivity contribution in [3.05, 3.63) is 65.2 Å². The number of ether oxygens (including phenoxy) is 1. The average Bonchev–Trinajstić information content (AvgIpc) is 3.04. The molecule has 1 fully saturated rings. The van der Waals surface area contributed by atoms with Crippen LogP contribution in [-0.4, -0.2) is 44.2 Å². The van der Waals surface area contributed by atoms with Crippen LogP contribution in [0, 0.1) is 12.7 Å². The zero-order valence-corrected chi connectivity index (χ0v) is 16.1. The first-order valence-electron chi connectivity index (χ1n) is 9.39. The van der Waals surface area contributed by atoms with Gasteiger partial charge in [-0.2, -0.15) is 0 Å². The van der Waals surface area contributed by atoms with E-state index in [0.29, 0.717) is 36.3 Å². The number of carbonyl (C=O) groups excluding carboxylic acids is 1. The highest BCUT2D eigenvalue weighted by Crippen LogP contribution is 2.28. The molecule has 2 aromatic carbocycles. The van der Waals surface area contributed by atoms with Crippen molar-refractivity contribution in [2.45, 2.75) is 13.5 Å². The summed E-state index contributed by atoms with van der Waals surface area (Å²) in [7, 11) is 1.76. The summed E-state index contributed by atoms with van der Waals surface area (Å²) >= 11 is 0. The number of amides is 1. The third-order valence-electron chi connectivity index (χ3n) is 5.19. The van der Waals surface area contributed by atoms with Crippen LogP contribution >= 0.6 is 0 Å². The van der Waals surface area contributed by atoms with Crippen LogP contribution in [0.15, 0.2) is 46.9 Å². The van der Waals surface area contributed by atoms with Crippen LogP contribution in [0.25, 0.3) is 11.0 Å². The number of aryl methyl sites for hydroxylation is 1. The van der Waals surface area contributed by atoms with Gasteiger partial charge in [-0.05, 0) is 36.8 Å². The predicted octanol–water partition coefficient (Wildman–Crippen LogP) is 3.99. The predicted molar refractivity (Wildman–Crippen MR) is 106 cm³/mol. The molecule has 0 unspecified atom stereocenters. The Morgan fingerprint density at radius 3 is 2.71 bits per heavy atom. The minimum Gasteiger partial charge on any atom is -0.451 e. The largest absolute Gasteiger partial charge is 0.451 e. The number of morpholine rings is 1. The molecule has 1 amide bonds. The van der Waals surface area contributed by atoms with Gasteiger partial charge >= 0.3 is 0 Å². The van der Waals surface area contributed by atoms with Crippen LogP contribution in [0.4, 0.5) is 10.1 Å². The number of hydrogen-bond donors (Lipinski definition) is 0. The Bertz CT molecular complexity index is 1010. The molecule has 2 heterocycles. The molecule has 1 aliphatic heterocycles. The van der Waals surface area contributed by atoms with E-state index in [-0.39, 0.29) is 17.5 Å². The molecule has 0 saturated carbocycles. The number of furan rings is 1. The summed E-state index contributed by atoms with van der Waals surface area (Å²) in [5, 5.41) is 0.630. The molecule has 3 aromatic rings. The molecule has 6 heteroatoms. The lowest BCUT2D eigenvalue weighted by atomic mass is 10.1. The lowest BCUT2D eigenvalue weighted by molar-refractivity contribution is 0.0754. The Kier molecular flexibility index (Phi) is 5.05. The highest BCUT2D eigenvalue weighted by Gasteiger charge is 2.23. The molecule has 0 radical (unpaired) electrons. The van der Waals surface area contributed by atoms with E-state index in [1.54, 1.807) is 24.9 Å². The van der Waals surface area contributed by atoms with Crippen molar-refractivity contribution in [3.63, 3.8) is 0 Å². The molecule has 0 atom stereocenters. The average molecular weight is 382 g/mol. The van der Waals surface area contributed by atoms with Gasteiger partial charge in [0.05, 0.1) is 13.2 Å². The Labute approximate surface area is 163 Å². The summed E-state index contributed by atoms with van der Waals surface area (Å²) < 4.78 is 24.7. The van der Waals surface area contributed by atoms with E-state index in [1.807, 2.05) is 18.2 Å². The van der Waals surface area contributed by atoms with E-state index >= 15 is 0 Å². The first kappa shape index (κ1) is 18.5. The molecule has 0 N–H and O–H groups in total.